The minimum Gasteiger partial charge on any atom is -0.496 e. The van der Waals surface area contributed by atoms with E-state index in [0.717, 1.165) is 5.56 Å². The van der Waals surface area contributed by atoms with Crippen molar-refractivity contribution in [3.05, 3.63) is 65.7 Å². The molecule has 5 heteroatoms. The molecule has 1 unspecified atom stereocenters. The van der Waals surface area contributed by atoms with Crippen molar-refractivity contribution in [1.29, 1.82) is 0 Å². The van der Waals surface area contributed by atoms with E-state index in [9.17, 15) is 9.59 Å². The quantitative estimate of drug-likeness (QED) is 0.849. The summed E-state index contributed by atoms with van der Waals surface area (Å²) in [6.45, 7) is 0. The van der Waals surface area contributed by atoms with E-state index in [1.165, 1.54) is 0 Å². The lowest BCUT2D eigenvalue weighted by molar-refractivity contribution is -0.127. The summed E-state index contributed by atoms with van der Waals surface area (Å²) >= 11 is 0. The van der Waals surface area contributed by atoms with Crippen LogP contribution < -0.4 is 15.8 Å². The van der Waals surface area contributed by atoms with E-state index in [4.69, 9.17) is 10.5 Å². The third-order valence-electron chi connectivity index (χ3n) is 3.27. The highest BCUT2D eigenvalue weighted by atomic mass is 16.5. The van der Waals surface area contributed by atoms with Crippen LogP contribution in [0.5, 0.6) is 5.75 Å². The summed E-state index contributed by atoms with van der Waals surface area (Å²) in [4.78, 5) is 23.8. The van der Waals surface area contributed by atoms with E-state index >= 15 is 0 Å². The first kappa shape index (κ1) is 15.6. The number of ether oxygens (including phenoxy) is 1. The molecule has 22 heavy (non-hydrogen) atoms. The van der Waals surface area contributed by atoms with E-state index < -0.39 is 11.9 Å². The molecule has 0 fully saturated rings. The molecule has 114 valence electrons. The lowest BCUT2D eigenvalue weighted by atomic mass is 10.1. The molecule has 0 spiro atoms. The van der Waals surface area contributed by atoms with Gasteiger partial charge in [0.1, 0.15) is 11.8 Å². The Morgan fingerprint density at radius 3 is 2.36 bits per heavy atom. The Bertz CT molecular complexity index is 656. The molecular weight excluding hydrogens is 280 g/mol. The fourth-order valence-electron chi connectivity index (χ4n) is 2.20. The molecule has 0 aliphatic heterocycles. The van der Waals surface area contributed by atoms with Crippen LogP contribution >= 0.6 is 0 Å². The Hall–Kier alpha value is -2.82. The Labute approximate surface area is 129 Å². The van der Waals surface area contributed by atoms with Crippen molar-refractivity contribution in [2.24, 2.45) is 5.73 Å². The Kier molecular flexibility index (Phi) is 5.14. The van der Waals surface area contributed by atoms with Crippen molar-refractivity contribution in [1.82, 2.24) is 5.32 Å². The molecule has 0 aliphatic carbocycles. The van der Waals surface area contributed by atoms with Crippen LogP contribution in [-0.4, -0.2) is 18.9 Å². The van der Waals surface area contributed by atoms with Gasteiger partial charge in [-0.05, 0) is 11.6 Å². The lowest BCUT2D eigenvalue weighted by Crippen LogP contribution is -2.38. The van der Waals surface area contributed by atoms with Gasteiger partial charge in [0, 0.05) is 5.56 Å². The fourth-order valence-corrected chi connectivity index (χ4v) is 2.20. The third kappa shape index (κ3) is 3.85. The second-order valence-electron chi connectivity index (χ2n) is 4.80. The average molecular weight is 298 g/mol. The van der Waals surface area contributed by atoms with Gasteiger partial charge in [0.05, 0.1) is 13.5 Å². The molecule has 0 saturated carbocycles. The summed E-state index contributed by atoms with van der Waals surface area (Å²) in [7, 11) is 1.55. The summed E-state index contributed by atoms with van der Waals surface area (Å²) < 4.78 is 5.21. The van der Waals surface area contributed by atoms with Crippen LogP contribution in [0.2, 0.25) is 0 Å². The van der Waals surface area contributed by atoms with Crippen LogP contribution in [0.3, 0.4) is 0 Å². The van der Waals surface area contributed by atoms with Crippen molar-refractivity contribution < 1.29 is 14.3 Å². The predicted molar refractivity (Wildman–Crippen MR) is 83.2 cm³/mol. The predicted octanol–water partition coefficient (Wildman–Crippen LogP) is 1.58. The molecule has 0 aliphatic rings. The van der Waals surface area contributed by atoms with Gasteiger partial charge in [-0.2, -0.15) is 0 Å². The molecule has 2 aromatic rings. The number of hydrogen-bond acceptors (Lipinski definition) is 3. The summed E-state index contributed by atoms with van der Waals surface area (Å²) in [5.41, 5.74) is 6.79. The first-order valence-corrected chi connectivity index (χ1v) is 6.87. The summed E-state index contributed by atoms with van der Waals surface area (Å²) in [5.74, 6) is -0.260. The minimum atomic E-state index is -0.844. The van der Waals surface area contributed by atoms with Crippen LogP contribution in [0.4, 0.5) is 0 Å². The lowest BCUT2D eigenvalue weighted by Gasteiger charge is -2.16. The van der Waals surface area contributed by atoms with E-state index in [1.807, 2.05) is 18.2 Å². The number of para-hydroxylation sites is 1. The van der Waals surface area contributed by atoms with Gasteiger partial charge in [-0.25, -0.2) is 0 Å². The number of nitrogens with one attached hydrogen (secondary N) is 1. The van der Waals surface area contributed by atoms with E-state index in [1.54, 1.807) is 43.5 Å². The van der Waals surface area contributed by atoms with Crippen LogP contribution in [0.15, 0.2) is 54.6 Å². The number of amides is 2. The SMILES string of the molecule is COc1ccccc1CC(=O)NC(C(N)=O)c1ccccc1. The molecule has 5 nitrogen and oxygen atoms in total. The topological polar surface area (TPSA) is 81.4 Å². The summed E-state index contributed by atoms with van der Waals surface area (Å²) in [6.07, 6.45) is 0.112. The van der Waals surface area contributed by atoms with Gasteiger partial charge in [0.15, 0.2) is 0 Å². The molecule has 2 rings (SSSR count). The minimum absolute atomic E-state index is 0.112. The van der Waals surface area contributed by atoms with E-state index in [0.29, 0.717) is 11.3 Å². The number of primary amides is 1. The number of nitrogens with two attached hydrogens (primary N) is 1. The van der Waals surface area contributed by atoms with Gasteiger partial charge in [-0.3, -0.25) is 9.59 Å². The number of benzene rings is 2. The normalized spacial score (nSPS) is 11.5. The van der Waals surface area contributed by atoms with Crippen LogP contribution in [0.25, 0.3) is 0 Å². The van der Waals surface area contributed by atoms with Crippen molar-refractivity contribution >= 4 is 11.8 Å². The first-order valence-electron chi connectivity index (χ1n) is 6.87. The van der Waals surface area contributed by atoms with Crippen LogP contribution in [0.1, 0.15) is 17.2 Å². The second kappa shape index (κ2) is 7.26. The average Bonchev–Trinajstić information content (AvgIpc) is 2.53. The highest BCUT2D eigenvalue weighted by molar-refractivity contribution is 5.88. The first-order chi connectivity index (χ1) is 10.6. The molecule has 1 atom stereocenters. The van der Waals surface area contributed by atoms with Gasteiger partial charge in [0.2, 0.25) is 11.8 Å². The number of rotatable bonds is 6. The Morgan fingerprint density at radius 1 is 1.09 bits per heavy atom. The smallest absolute Gasteiger partial charge is 0.244 e. The summed E-state index contributed by atoms with van der Waals surface area (Å²) in [5, 5.41) is 2.66. The Morgan fingerprint density at radius 2 is 1.73 bits per heavy atom. The van der Waals surface area contributed by atoms with Gasteiger partial charge < -0.3 is 15.8 Å². The second-order valence-corrected chi connectivity index (χ2v) is 4.80. The molecular formula is C17H18N2O3. The molecule has 0 radical (unpaired) electrons. The number of hydrogen-bond donors (Lipinski definition) is 2. The maximum Gasteiger partial charge on any atom is 0.244 e. The monoisotopic (exact) mass is 298 g/mol. The van der Waals surface area contributed by atoms with Crippen molar-refractivity contribution in [2.75, 3.05) is 7.11 Å². The van der Waals surface area contributed by atoms with E-state index in [2.05, 4.69) is 5.32 Å². The van der Waals surface area contributed by atoms with Crippen molar-refractivity contribution in [3.63, 3.8) is 0 Å². The van der Waals surface area contributed by atoms with Crippen molar-refractivity contribution in [3.8, 4) is 5.75 Å². The molecule has 2 aromatic carbocycles. The van der Waals surface area contributed by atoms with Gasteiger partial charge in [-0.1, -0.05) is 48.5 Å². The van der Waals surface area contributed by atoms with Gasteiger partial charge in [-0.15, -0.1) is 0 Å². The van der Waals surface area contributed by atoms with E-state index in [-0.39, 0.29) is 12.3 Å². The number of methoxy groups -OCH3 is 1. The maximum absolute atomic E-state index is 12.2. The maximum atomic E-state index is 12.2. The third-order valence-corrected chi connectivity index (χ3v) is 3.27. The molecule has 0 heterocycles. The molecule has 2 amide bonds. The molecule has 3 N–H and O–H groups in total. The van der Waals surface area contributed by atoms with Gasteiger partial charge >= 0.3 is 0 Å². The number of carbonyl (C=O) groups excluding carboxylic acids is 2. The van der Waals surface area contributed by atoms with Crippen LogP contribution in [-0.2, 0) is 16.0 Å². The largest absolute Gasteiger partial charge is 0.496 e. The van der Waals surface area contributed by atoms with Crippen LogP contribution in [0, 0.1) is 0 Å². The fraction of sp³-hybridized carbons (Fsp3) is 0.176. The zero-order chi connectivity index (χ0) is 15.9. The molecule has 0 aromatic heterocycles. The van der Waals surface area contributed by atoms with Crippen molar-refractivity contribution in [2.45, 2.75) is 12.5 Å². The zero-order valence-corrected chi connectivity index (χ0v) is 12.3. The zero-order valence-electron chi connectivity index (χ0n) is 12.3. The highest BCUT2D eigenvalue weighted by Crippen LogP contribution is 2.18. The standard InChI is InChI=1S/C17H18N2O3/c1-22-14-10-6-5-9-13(14)11-15(20)19-16(17(18)21)12-7-3-2-4-8-12/h2-10,16H,11H2,1H3,(H2,18,21)(H,19,20). The molecule has 0 saturated heterocycles. The highest BCUT2D eigenvalue weighted by Gasteiger charge is 2.20. The number of carbonyl (C=O) groups is 2. The molecule has 0 bridgehead atoms. The summed E-state index contributed by atoms with van der Waals surface area (Å²) in [6, 6.07) is 15.3. The Balaban J connectivity index is 2.11. The van der Waals surface area contributed by atoms with Gasteiger partial charge in [0.25, 0.3) is 0 Å².